The third-order valence-corrected chi connectivity index (χ3v) is 6.33. The van der Waals surface area contributed by atoms with Crippen LogP contribution in [0.25, 0.3) is 16.9 Å². The Bertz CT molecular complexity index is 1550. The van der Waals surface area contributed by atoms with Gasteiger partial charge >= 0.3 is 0 Å². The summed E-state index contributed by atoms with van der Waals surface area (Å²) in [6, 6.07) is 19.1. The Morgan fingerprint density at radius 1 is 0.973 bits per heavy atom. The van der Waals surface area contributed by atoms with E-state index in [2.05, 4.69) is 18.3 Å². The Labute approximate surface area is 215 Å². The van der Waals surface area contributed by atoms with Gasteiger partial charge in [0.25, 0.3) is 5.91 Å². The maximum Gasteiger partial charge on any atom is 0.251 e. The molecule has 2 aromatic carbocycles. The second-order valence-corrected chi connectivity index (χ2v) is 8.91. The van der Waals surface area contributed by atoms with Gasteiger partial charge in [-0.2, -0.15) is 5.10 Å². The number of hydrogen-bond acceptors (Lipinski definition) is 5. The average Bonchev–Trinajstić information content (AvgIpc) is 3.56. The lowest BCUT2D eigenvalue weighted by Crippen LogP contribution is -2.23. The number of nitrogens with zero attached hydrogens (tertiary/aromatic N) is 4. The van der Waals surface area contributed by atoms with E-state index in [-0.39, 0.29) is 5.91 Å². The van der Waals surface area contributed by atoms with E-state index in [1.807, 2.05) is 83.2 Å². The quantitative estimate of drug-likeness (QED) is 0.333. The Morgan fingerprint density at radius 2 is 1.73 bits per heavy atom. The number of fused-ring (bicyclic) bond motifs is 1. The minimum atomic E-state index is -0.163. The molecular formula is C29H29N5O3. The number of pyridine rings is 1. The van der Waals surface area contributed by atoms with Crippen LogP contribution >= 0.6 is 0 Å². The maximum absolute atomic E-state index is 12.8. The van der Waals surface area contributed by atoms with Crippen molar-refractivity contribution in [3.63, 3.8) is 0 Å². The topological polar surface area (TPSA) is 83.2 Å². The van der Waals surface area contributed by atoms with Crippen molar-refractivity contribution in [2.75, 3.05) is 14.2 Å². The molecule has 3 heterocycles. The lowest BCUT2D eigenvalue weighted by molar-refractivity contribution is 0.0950. The van der Waals surface area contributed by atoms with Crippen molar-refractivity contribution in [1.82, 2.24) is 24.6 Å². The number of methoxy groups -OCH3 is 2. The Kier molecular flexibility index (Phi) is 6.64. The minimum Gasteiger partial charge on any atom is -0.497 e. The van der Waals surface area contributed by atoms with Crippen LogP contribution in [0.2, 0.25) is 0 Å². The van der Waals surface area contributed by atoms with E-state index in [4.69, 9.17) is 19.6 Å². The van der Waals surface area contributed by atoms with Crippen LogP contribution in [0.4, 0.5) is 0 Å². The van der Waals surface area contributed by atoms with Gasteiger partial charge in [-0.3, -0.25) is 4.79 Å². The van der Waals surface area contributed by atoms with Gasteiger partial charge in [0.15, 0.2) is 11.5 Å². The molecule has 0 unspecified atom stereocenters. The van der Waals surface area contributed by atoms with Crippen molar-refractivity contribution < 1.29 is 14.3 Å². The molecule has 37 heavy (non-hydrogen) atoms. The highest BCUT2D eigenvalue weighted by Gasteiger charge is 2.17. The zero-order valence-electron chi connectivity index (χ0n) is 21.4. The van der Waals surface area contributed by atoms with Gasteiger partial charge in [0.1, 0.15) is 11.5 Å². The summed E-state index contributed by atoms with van der Waals surface area (Å²) in [4.78, 5) is 17.6. The number of amides is 1. The number of ether oxygens (including phenoxy) is 2. The standard InChI is InChI=1S/C29H29N5O3/c1-19-15-20(2)31-27-26(19)28(33-13-5-6-14-33)32-34(27)18-21-7-9-22(10-8-21)29(35)30-17-23-16-24(36-3)11-12-25(23)37-4/h5-16H,17-18H2,1-4H3,(H,30,35). The van der Waals surface area contributed by atoms with Gasteiger partial charge in [0.05, 0.1) is 26.2 Å². The summed E-state index contributed by atoms with van der Waals surface area (Å²) >= 11 is 0. The Balaban J connectivity index is 1.35. The van der Waals surface area contributed by atoms with Gasteiger partial charge < -0.3 is 19.4 Å². The van der Waals surface area contributed by atoms with Crippen LogP contribution in [-0.2, 0) is 13.1 Å². The first kappa shape index (κ1) is 24.1. The van der Waals surface area contributed by atoms with Crippen LogP contribution in [0.3, 0.4) is 0 Å². The molecule has 0 bridgehead atoms. The molecule has 188 valence electrons. The molecule has 3 aromatic heterocycles. The van der Waals surface area contributed by atoms with Crippen LogP contribution in [0, 0.1) is 13.8 Å². The number of hydrogen-bond donors (Lipinski definition) is 1. The molecule has 5 rings (SSSR count). The number of aryl methyl sites for hydroxylation is 2. The van der Waals surface area contributed by atoms with Crippen molar-refractivity contribution >= 4 is 16.9 Å². The largest absolute Gasteiger partial charge is 0.497 e. The molecular weight excluding hydrogens is 466 g/mol. The third kappa shape index (κ3) is 4.91. The molecule has 8 nitrogen and oxygen atoms in total. The molecule has 0 aliphatic carbocycles. The van der Waals surface area contributed by atoms with Gasteiger partial charge in [0.2, 0.25) is 0 Å². The lowest BCUT2D eigenvalue weighted by Gasteiger charge is -2.12. The number of nitrogens with one attached hydrogen (secondary N) is 1. The smallest absolute Gasteiger partial charge is 0.251 e. The predicted octanol–water partition coefficient (Wildman–Crippen LogP) is 4.83. The molecule has 1 N–H and O–H groups in total. The highest BCUT2D eigenvalue weighted by molar-refractivity contribution is 5.94. The van der Waals surface area contributed by atoms with Crippen LogP contribution < -0.4 is 14.8 Å². The fourth-order valence-electron chi connectivity index (χ4n) is 4.49. The number of rotatable bonds is 8. The van der Waals surface area contributed by atoms with Crippen molar-refractivity contribution in [3.05, 3.63) is 101 Å². The van der Waals surface area contributed by atoms with Crippen LogP contribution in [0.5, 0.6) is 11.5 Å². The summed E-state index contributed by atoms with van der Waals surface area (Å²) in [5.41, 5.74) is 5.37. The molecule has 0 spiro atoms. The summed E-state index contributed by atoms with van der Waals surface area (Å²) in [6.07, 6.45) is 3.97. The van der Waals surface area contributed by atoms with Crippen LogP contribution in [0.1, 0.15) is 32.7 Å². The first-order valence-corrected chi connectivity index (χ1v) is 12.0. The Hall–Kier alpha value is -4.59. The minimum absolute atomic E-state index is 0.163. The van der Waals surface area contributed by atoms with Crippen molar-refractivity contribution in [1.29, 1.82) is 0 Å². The molecule has 0 saturated carbocycles. The van der Waals surface area contributed by atoms with E-state index in [1.54, 1.807) is 14.2 Å². The maximum atomic E-state index is 12.8. The first-order chi connectivity index (χ1) is 18.0. The van der Waals surface area contributed by atoms with Gasteiger partial charge in [-0.1, -0.05) is 12.1 Å². The summed E-state index contributed by atoms with van der Waals surface area (Å²) in [5, 5.41) is 8.89. The summed E-state index contributed by atoms with van der Waals surface area (Å²) in [6.45, 7) is 4.95. The van der Waals surface area contributed by atoms with Crippen LogP contribution in [-0.4, -0.2) is 39.5 Å². The average molecular weight is 496 g/mol. The second kappa shape index (κ2) is 10.2. The molecule has 0 radical (unpaired) electrons. The molecule has 0 aliphatic rings. The molecule has 5 aromatic rings. The van der Waals surface area contributed by atoms with E-state index in [0.29, 0.717) is 30.2 Å². The Morgan fingerprint density at radius 3 is 2.43 bits per heavy atom. The van der Waals surface area contributed by atoms with Crippen molar-refractivity contribution in [2.24, 2.45) is 0 Å². The highest BCUT2D eigenvalue weighted by atomic mass is 16.5. The molecule has 0 saturated heterocycles. The van der Waals surface area contributed by atoms with E-state index in [9.17, 15) is 4.79 Å². The highest BCUT2D eigenvalue weighted by Crippen LogP contribution is 2.26. The van der Waals surface area contributed by atoms with Gasteiger partial charge in [-0.25, -0.2) is 9.67 Å². The zero-order valence-corrected chi connectivity index (χ0v) is 21.4. The normalized spacial score (nSPS) is 11.0. The molecule has 0 atom stereocenters. The molecule has 0 fully saturated rings. The summed E-state index contributed by atoms with van der Waals surface area (Å²) < 4.78 is 14.6. The van der Waals surface area contributed by atoms with E-state index >= 15 is 0 Å². The van der Waals surface area contributed by atoms with Gasteiger partial charge in [0, 0.05) is 35.8 Å². The summed E-state index contributed by atoms with van der Waals surface area (Å²) in [7, 11) is 3.21. The third-order valence-electron chi connectivity index (χ3n) is 6.33. The molecule has 0 aliphatic heterocycles. The zero-order chi connectivity index (χ0) is 25.9. The van der Waals surface area contributed by atoms with Gasteiger partial charge in [-0.05, 0) is 73.5 Å². The number of aromatic nitrogens is 4. The van der Waals surface area contributed by atoms with Crippen LogP contribution in [0.15, 0.2) is 73.1 Å². The van der Waals surface area contributed by atoms with E-state index < -0.39 is 0 Å². The monoisotopic (exact) mass is 495 g/mol. The fourth-order valence-corrected chi connectivity index (χ4v) is 4.49. The van der Waals surface area contributed by atoms with Crippen molar-refractivity contribution in [3.8, 4) is 17.3 Å². The SMILES string of the molecule is COc1ccc(OC)c(CNC(=O)c2ccc(Cn3nc(-n4cccc4)c4c(C)cc(C)nc43)cc2)c1. The number of carbonyl (C=O) groups is 1. The molecule has 8 heteroatoms. The first-order valence-electron chi connectivity index (χ1n) is 12.0. The van der Waals surface area contributed by atoms with E-state index in [0.717, 1.165) is 39.2 Å². The fraction of sp³-hybridized carbons (Fsp3) is 0.207. The van der Waals surface area contributed by atoms with E-state index in [1.165, 1.54) is 0 Å². The lowest BCUT2D eigenvalue weighted by atomic mass is 10.1. The predicted molar refractivity (Wildman–Crippen MR) is 143 cm³/mol. The molecule has 1 amide bonds. The number of benzene rings is 2. The van der Waals surface area contributed by atoms with Gasteiger partial charge in [-0.15, -0.1) is 0 Å². The number of carbonyl (C=O) groups excluding carboxylic acids is 1. The summed E-state index contributed by atoms with van der Waals surface area (Å²) in [5.74, 6) is 2.10. The van der Waals surface area contributed by atoms with Crippen molar-refractivity contribution in [2.45, 2.75) is 26.9 Å². The second-order valence-electron chi connectivity index (χ2n) is 8.91.